The van der Waals surface area contributed by atoms with Crippen molar-refractivity contribution in [1.82, 2.24) is 20.2 Å². The Kier molecular flexibility index (Phi) is 8.75. The number of nitrogens with one attached hydrogen (secondary N) is 1. The van der Waals surface area contributed by atoms with Crippen LogP contribution in [0.2, 0.25) is 5.02 Å². The highest BCUT2D eigenvalue weighted by atomic mass is 35.5. The van der Waals surface area contributed by atoms with Crippen LogP contribution in [0.4, 0.5) is 0 Å². The number of thioether (sulfide) groups is 1. The van der Waals surface area contributed by atoms with Crippen LogP contribution in [0.25, 0.3) is 17.1 Å². The lowest BCUT2D eigenvalue weighted by atomic mass is 10.2. The summed E-state index contributed by atoms with van der Waals surface area (Å²) in [6.45, 7) is 0. The van der Waals surface area contributed by atoms with E-state index in [1.54, 1.807) is 25.5 Å². The van der Waals surface area contributed by atoms with Gasteiger partial charge >= 0.3 is 0 Å². The summed E-state index contributed by atoms with van der Waals surface area (Å²) in [6.07, 6.45) is 1.57. The maximum absolute atomic E-state index is 12.6. The lowest BCUT2D eigenvalue weighted by Crippen LogP contribution is -2.20. The lowest BCUT2D eigenvalue weighted by molar-refractivity contribution is -0.118. The maximum atomic E-state index is 12.6. The van der Waals surface area contributed by atoms with E-state index in [1.807, 2.05) is 95.6 Å². The topological polar surface area (TPSA) is 90.6 Å². The van der Waals surface area contributed by atoms with Gasteiger partial charge in [-0.05, 0) is 78.4 Å². The molecule has 200 valence electrons. The molecule has 0 aliphatic carbocycles. The molecule has 0 unspecified atom stereocenters. The number of hydrazone groups is 1. The van der Waals surface area contributed by atoms with E-state index in [4.69, 9.17) is 21.1 Å². The van der Waals surface area contributed by atoms with E-state index >= 15 is 0 Å². The number of methoxy groups -OCH3 is 1. The molecule has 0 aliphatic rings. The van der Waals surface area contributed by atoms with Crippen molar-refractivity contribution in [3.63, 3.8) is 0 Å². The Morgan fingerprint density at radius 2 is 1.68 bits per heavy atom. The van der Waals surface area contributed by atoms with Gasteiger partial charge in [-0.25, -0.2) is 5.43 Å². The minimum absolute atomic E-state index is 0.0861. The standard InChI is InChI=1S/C30H24ClN5O3S/c1-38-25-16-10-22(11-17-25)29-34-35-30(36(29)24-14-12-23(31)13-15-24)40-20-28(37)33-32-19-21-6-5-9-27(18-21)39-26-7-3-2-4-8-26/h2-19H,20H2,1H3,(H,33,37)/b32-19-. The Morgan fingerprint density at radius 3 is 2.42 bits per heavy atom. The highest BCUT2D eigenvalue weighted by Gasteiger charge is 2.17. The summed E-state index contributed by atoms with van der Waals surface area (Å²) in [5.41, 5.74) is 5.02. The van der Waals surface area contributed by atoms with E-state index in [9.17, 15) is 4.79 Å². The zero-order valence-electron chi connectivity index (χ0n) is 21.4. The van der Waals surface area contributed by atoms with Gasteiger partial charge < -0.3 is 9.47 Å². The molecule has 10 heteroatoms. The number of hydrogen-bond donors (Lipinski definition) is 1. The fourth-order valence-corrected chi connectivity index (χ4v) is 4.61. The third-order valence-electron chi connectivity index (χ3n) is 5.64. The second-order valence-electron chi connectivity index (χ2n) is 8.42. The quantitative estimate of drug-likeness (QED) is 0.115. The van der Waals surface area contributed by atoms with Crippen molar-refractivity contribution in [2.24, 2.45) is 5.10 Å². The third kappa shape index (κ3) is 6.88. The monoisotopic (exact) mass is 569 g/mol. The van der Waals surface area contributed by atoms with Gasteiger partial charge in [-0.2, -0.15) is 5.10 Å². The number of rotatable bonds is 10. The molecule has 4 aromatic carbocycles. The van der Waals surface area contributed by atoms with E-state index in [2.05, 4.69) is 20.7 Å². The van der Waals surface area contributed by atoms with E-state index in [-0.39, 0.29) is 11.7 Å². The second-order valence-corrected chi connectivity index (χ2v) is 9.79. The van der Waals surface area contributed by atoms with Crippen LogP contribution in [0, 0.1) is 0 Å². The highest BCUT2D eigenvalue weighted by Crippen LogP contribution is 2.29. The highest BCUT2D eigenvalue weighted by molar-refractivity contribution is 7.99. The van der Waals surface area contributed by atoms with Crippen LogP contribution in [-0.4, -0.2) is 39.7 Å². The van der Waals surface area contributed by atoms with Crippen molar-refractivity contribution in [1.29, 1.82) is 0 Å². The molecule has 40 heavy (non-hydrogen) atoms. The number of carbonyl (C=O) groups is 1. The van der Waals surface area contributed by atoms with E-state index in [0.29, 0.717) is 21.8 Å². The molecule has 0 aliphatic heterocycles. The van der Waals surface area contributed by atoms with Gasteiger partial charge in [0.2, 0.25) is 0 Å². The number of nitrogens with zero attached hydrogens (tertiary/aromatic N) is 4. The molecule has 8 nitrogen and oxygen atoms in total. The minimum atomic E-state index is -0.283. The molecule has 0 spiro atoms. The fourth-order valence-electron chi connectivity index (χ4n) is 3.74. The minimum Gasteiger partial charge on any atom is -0.497 e. The van der Waals surface area contributed by atoms with E-state index in [0.717, 1.165) is 28.3 Å². The average Bonchev–Trinajstić information content (AvgIpc) is 3.41. The van der Waals surface area contributed by atoms with Crippen molar-refractivity contribution in [2.75, 3.05) is 12.9 Å². The number of amides is 1. The number of halogens is 1. The first-order chi connectivity index (χ1) is 19.6. The molecule has 1 heterocycles. The van der Waals surface area contributed by atoms with Crippen LogP contribution < -0.4 is 14.9 Å². The Morgan fingerprint density at radius 1 is 0.925 bits per heavy atom. The first kappa shape index (κ1) is 27.0. The first-order valence-corrected chi connectivity index (χ1v) is 13.6. The van der Waals surface area contributed by atoms with Crippen molar-refractivity contribution in [3.8, 4) is 34.3 Å². The van der Waals surface area contributed by atoms with Gasteiger partial charge in [-0.1, -0.05) is 53.7 Å². The molecule has 1 aromatic heterocycles. The van der Waals surface area contributed by atoms with Gasteiger partial charge in [0.15, 0.2) is 11.0 Å². The van der Waals surface area contributed by atoms with Gasteiger partial charge in [-0.3, -0.25) is 9.36 Å². The van der Waals surface area contributed by atoms with Crippen molar-refractivity contribution >= 4 is 35.5 Å². The molecular formula is C30H24ClN5O3S. The predicted molar refractivity (Wildman–Crippen MR) is 158 cm³/mol. The van der Waals surface area contributed by atoms with Gasteiger partial charge in [-0.15, -0.1) is 10.2 Å². The van der Waals surface area contributed by atoms with Crippen molar-refractivity contribution < 1.29 is 14.3 Å². The Balaban J connectivity index is 1.25. The molecule has 1 N–H and O–H groups in total. The summed E-state index contributed by atoms with van der Waals surface area (Å²) in [5, 5.41) is 14.0. The van der Waals surface area contributed by atoms with Crippen LogP contribution in [0.5, 0.6) is 17.2 Å². The van der Waals surface area contributed by atoms with Crippen molar-refractivity contribution in [3.05, 3.63) is 114 Å². The van der Waals surface area contributed by atoms with Gasteiger partial charge in [0.1, 0.15) is 17.2 Å². The number of ether oxygens (including phenoxy) is 2. The van der Waals surface area contributed by atoms with E-state index in [1.165, 1.54) is 11.8 Å². The van der Waals surface area contributed by atoms with Crippen LogP contribution in [0.3, 0.4) is 0 Å². The molecule has 0 saturated heterocycles. The lowest BCUT2D eigenvalue weighted by Gasteiger charge is -2.11. The van der Waals surface area contributed by atoms with Gasteiger partial charge in [0.05, 0.1) is 19.1 Å². The molecule has 0 radical (unpaired) electrons. The Bertz CT molecular complexity index is 1610. The predicted octanol–water partition coefficient (Wildman–Crippen LogP) is 6.63. The second kappa shape index (κ2) is 13.0. The van der Waals surface area contributed by atoms with Crippen LogP contribution in [0.1, 0.15) is 5.56 Å². The smallest absolute Gasteiger partial charge is 0.250 e. The molecular weight excluding hydrogens is 546 g/mol. The maximum Gasteiger partial charge on any atom is 0.250 e. The molecule has 1 amide bonds. The molecule has 5 rings (SSSR count). The molecule has 0 bridgehead atoms. The number of hydrogen-bond acceptors (Lipinski definition) is 7. The van der Waals surface area contributed by atoms with Crippen LogP contribution >= 0.6 is 23.4 Å². The molecule has 0 fully saturated rings. The Labute approximate surface area is 240 Å². The summed E-state index contributed by atoms with van der Waals surface area (Å²) in [5.74, 6) is 2.58. The van der Waals surface area contributed by atoms with Crippen molar-refractivity contribution in [2.45, 2.75) is 5.16 Å². The summed E-state index contributed by atoms with van der Waals surface area (Å²) < 4.78 is 13.0. The SMILES string of the molecule is COc1ccc(-c2nnc(SCC(=O)N/N=C\c3cccc(Oc4ccccc4)c3)n2-c2ccc(Cl)cc2)cc1. The summed E-state index contributed by atoms with van der Waals surface area (Å²) in [7, 11) is 1.62. The van der Waals surface area contributed by atoms with Crippen LogP contribution in [0.15, 0.2) is 113 Å². The third-order valence-corrected chi connectivity index (χ3v) is 6.82. The zero-order valence-corrected chi connectivity index (χ0v) is 23.0. The zero-order chi connectivity index (χ0) is 27.7. The summed E-state index contributed by atoms with van der Waals surface area (Å²) in [4.78, 5) is 12.6. The number of para-hydroxylation sites is 1. The van der Waals surface area contributed by atoms with Gasteiger partial charge in [0, 0.05) is 16.3 Å². The Hall–Kier alpha value is -4.60. The summed E-state index contributed by atoms with van der Waals surface area (Å²) in [6, 6.07) is 31.8. The molecule has 5 aromatic rings. The number of aromatic nitrogens is 3. The number of benzene rings is 4. The average molecular weight is 570 g/mol. The molecule has 0 saturated carbocycles. The normalized spacial score (nSPS) is 10.9. The molecule has 0 atom stereocenters. The van der Waals surface area contributed by atoms with Gasteiger partial charge in [0.25, 0.3) is 5.91 Å². The van der Waals surface area contributed by atoms with E-state index < -0.39 is 0 Å². The largest absolute Gasteiger partial charge is 0.497 e. The number of carbonyl (C=O) groups excluding carboxylic acids is 1. The fraction of sp³-hybridized carbons (Fsp3) is 0.0667. The summed E-state index contributed by atoms with van der Waals surface area (Å²) >= 11 is 7.36. The van der Waals surface area contributed by atoms with Crippen LogP contribution in [-0.2, 0) is 4.79 Å². The first-order valence-electron chi connectivity index (χ1n) is 12.2.